The van der Waals surface area contributed by atoms with E-state index in [1.54, 1.807) is 44.2 Å². The van der Waals surface area contributed by atoms with Gasteiger partial charge < -0.3 is 69.3 Å². The van der Waals surface area contributed by atoms with Crippen molar-refractivity contribution in [3.8, 4) is 0 Å². The van der Waals surface area contributed by atoms with Gasteiger partial charge in [0.25, 0.3) is 0 Å². The molecule has 5 rings (SSSR count). The van der Waals surface area contributed by atoms with Crippen molar-refractivity contribution < 1.29 is 52.3 Å². The van der Waals surface area contributed by atoms with Gasteiger partial charge in [0.1, 0.15) is 48.1 Å². The normalized spacial score (nSPS) is 16.0. The van der Waals surface area contributed by atoms with E-state index in [0.717, 1.165) is 5.56 Å². The summed E-state index contributed by atoms with van der Waals surface area (Å²) in [6.07, 6.45) is 3.80. The summed E-state index contributed by atoms with van der Waals surface area (Å²) in [5.41, 5.74) is 19.2. The Bertz CT molecular complexity index is 2740. The van der Waals surface area contributed by atoms with Crippen LogP contribution in [0.4, 0.5) is 4.39 Å². The molecule has 0 aliphatic carbocycles. The predicted octanol–water partition coefficient (Wildman–Crippen LogP) is -1.22. The van der Waals surface area contributed by atoms with Crippen LogP contribution in [0.15, 0.2) is 67.3 Å². The van der Waals surface area contributed by atoms with Gasteiger partial charge in [0.05, 0.1) is 24.8 Å². The second-order valence-electron chi connectivity index (χ2n) is 19.6. The van der Waals surface area contributed by atoms with Gasteiger partial charge >= 0.3 is 0 Å². The van der Waals surface area contributed by atoms with Gasteiger partial charge in [-0.15, -0.1) is 11.8 Å². The summed E-state index contributed by atoms with van der Waals surface area (Å²) in [7, 11) is 0. The van der Waals surface area contributed by atoms with Gasteiger partial charge in [-0.25, -0.2) is 9.37 Å². The number of nitrogens with two attached hydrogens (primary N) is 3. The largest absolute Gasteiger partial charge is 0.370 e. The Labute approximate surface area is 448 Å². The standard InChI is InChI=1S/C51H69FN14O10S/c1-26(2)15-39(51(76)66-25-77-23-40(66)44(55)69)64-49(74)38(19-32-21-56-24-59-32)61-42(68)22-58-50(75)43(27(3)4)65-45(70)28(5)60-48(73)37(17-30-20-57-36-18-31(52)11-12-33(30)36)63-47(72)35(13-14-41(54)67)62-46(71)34(53)16-29-9-7-6-8-10-29/h6-12,18,20-21,24,26-28,34-35,37-40,43,57H,13-17,19,22-23,25,53H2,1-5H3,(H2,54,67)(H2,55,69)(H,56,59)(H,58,75)(H,60,73)(H,61,68)(H,62,71)(H,63,72)(H,64,74)(H,65,70)/t28-,34+,35-,37-,38-,39-,40-,43-/m0/s1. The molecule has 24 nitrogen and oxygen atoms in total. The maximum absolute atomic E-state index is 14.2. The molecule has 10 amide bonds. The average molecular weight is 1090 g/mol. The summed E-state index contributed by atoms with van der Waals surface area (Å²) in [5, 5.41) is 18.7. The van der Waals surface area contributed by atoms with E-state index >= 15 is 0 Å². The number of hydrogen-bond donors (Lipinski definition) is 12. The van der Waals surface area contributed by atoms with E-state index in [0.29, 0.717) is 27.9 Å². The molecule has 26 heteroatoms. The number of nitrogens with zero attached hydrogens (tertiary/aromatic N) is 2. The van der Waals surface area contributed by atoms with E-state index in [1.807, 2.05) is 13.8 Å². The van der Waals surface area contributed by atoms with Crippen molar-refractivity contribution in [1.82, 2.24) is 57.1 Å². The highest BCUT2D eigenvalue weighted by Crippen LogP contribution is 2.24. The highest BCUT2D eigenvalue weighted by atomic mass is 32.2. The van der Waals surface area contributed by atoms with Gasteiger partial charge in [-0.3, -0.25) is 47.9 Å². The number of imidazole rings is 1. The highest BCUT2D eigenvalue weighted by molar-refractivity contribution is 7.99. The van der Waals surface area contributed by atoms with Crippen LogP contribution in [-0.2, 0) is 67.2 Å². The summed E-state index contributed by atoms with van der Waals surface area (Å²) in [4.78, 5) is 145. The summed E-state index contributed by atoms with van der Waals surface area (Å²) in [6.45, 7) is 7.64. The van der Waals surface area contributed by atoms with Crippen molar-refractivity contribution in [2.75, 3.05) is 18.2 Å². The lowest BCUT2D eigenvalue weighted by molar-refractivity contribution is -0.141. The van der Waals surface area contributed by atoms with Gasteiger partial charge in [0, 0.05) is 54.0 Å². The van der Waals surface area contributed by atoms with Crippen LogP contribution in [0.25, 0.3) is 10.9 Å². The molecule has 1 aliphatic rings. The van der Waals surface area contributed by atoms with Crippen LogP contribution >= 0.6 is 11.8 Å². The van der Waals surface area contributed by atoms with Crippen molar-refractivity contribution in [3.63, 3.8) is 0 Å². The second-order valence-corrected chi connectivity index (χ2v) is 20.6. The number of carbonyl (C=O) groups is 10. The summed E-state index contributed by atoms with van der Waals surface area (Å²) in [5.74, 6) is -8.23. The number of thioether (sulfide) groups is 1. The fraction of sp³-hybridized carbons (Fsp3) is 0.471. The fourth-order valence-electron chi connectivity index (χ4n) is 8.43. The molecule has 8 atom stereocenters. The number of rotatable bonds is 28. The van der Waals surface area contributed by atoms with Gasteiger partial charge in [0.15, 0.2) is 0 Å². The minimum Gasteiger partial charge on any atom is -0.370 e. The molecule has 4 aromatic rings. The number of primary amides is 2. The zero-order valence-corrected chi connectivity index (χ0v) is 44.3. The molecule has 0 saturated carbocycles. The third-order valence-electron chi connectivity index (χ3n) is 12.6. The van der Waals surface area contributed by atoms with Crippen LogP contribution in [0, 0.1) is 17.7 Å². The number of carbonyl (C=O) groups excluding carboxylic acids is 10. The maximum atomic E-state index is 14.2. The van der Waals surface area contributed by atoms with E-state index < -0.39 is 126 Å². The Morgan fingerprint density at radius 3 is 2.06 bits per heavy atom. The topological polar surface area (TPSA) is 381 Å². The van der Waals surface area contributed by atoms with E-state index in [9.17, 15) is 52.3 Å². The monoisotopic (exact) mass is 1090 g/mol. The lowest BCUT2D eigenvalue weighted by Crippen LogP contribution is -2.59. The van der Waals surface area contributed by atoms with Gasteiger partial charge in [-0.05, 0) is 67.3 Å². The summed E-state index contributed by atoms with van der Waals surface area (Å²) in [6, 6.07) is 3.08. The van der Waals surface area contributed by atoms with Gasteiger partial charge in [-0.1, -0.05) is 58.0 Å². The Balaban J connectivity index is 1.25. The number of aromatic amines is 2. The van der Waals surface area contributed by atoms with E-state index in [1.165, 1.54) is 60.5 Å². The minimum absolute atomic E-state index is 0.0660. The Morgan fingerprint density at radius 1 is 0.753 bits per heavy atom. The quantitative estimate of drug-likeness (QED) is 0.0318. The molecule has 15 N–H and O–H groups in total. The molecule has 0 radical (unpaired) electrons. The van der Waals surface area contributed by atoms with E-state index in [-0.39, 0.29) is 50.3 Å². The van der Waals surface area contributed by atoms with E-state index in [4.69, 9.17) is 17.2 Å². The first-order chi connectivity index (χ1) is 36.5. The number of fused-ring (bicyclic) bond motifs is 1. The molecule has 0 bridgehead atoms. The third-order valence-corrected chi connectivity index (χ3v) is 13.6. The molecular weight excluding hydrogens is 1020 g/mol. The van der Waals surface area contributed by atoms with Crippen LogP contribution in [0.5, 0.6) is 0 Å². The minimum atomic E-state index is -1.45. The molecule has 1 aliphatic heterocycles. The molecule has 416 valence electrons. The number of nitrogens with one attached hydrogen (secondary N) is 9. The van der Waals surface area contributed by atoms with E-state index in [2.05, 4.69) is 52.2 Å². The molecule has 1 saturated heterocycles. The van der Waals surface area contributed by atoms with Crippen LogP contribution in [0.1, 0.15) is 70.7 Å². The molecule has 0 spiro atoms. The molecule has 77 heavy (non-hydrogen) atoms. The van der Waals surface area contributed by atoms with Crippen molar-refractivity contribution >= 4 is 81.7 Å². The lowest BCUT2D eigenvalue weighted by atomic mass is 10.0. The fourth-order valence-corrected chi connectivity index (χ4v) is 9.60. The number of halogens is 1. The first-order valence-corrected chi connectivity index (χ1v) is 26.2. The van der Waals surface area contributed by atoms with Crippen LogP contribution in [0.3, 0.4) is 0 Å². The first-order valence-electron chi connectivity index (χ1n) is 25.1. The molecule has 3 heterocycles. The van der Waals surface area contributed by atoms with Crippen LogP contribution in [-0.4, -0.2) is 145 Å². The molecule has 1 fully saturated rings. The zero-order chi connectivity index (χ0) is 56.5. The average Bonchev–Trinajstić information content (AvgIpc) is 4.17. The number of benzene rings is 2. The third kappa shape index (κ3) is 17.9. The van der Waals surface area contributed by atoms with Gasteiger partial charge in [-0.2, -0.15) is 0 Å². The van der Waals surface area contributed by atoms with Crippen molar-refractivity contribution in [2.45, 2.75) is 121 Å². The second kappa shape index (κ2) is 28.3. The number of H-pyrrole nitrogens is 2. The SMILES string of the molecule is CC(C)C[C@H](NC(=O)[C@H](Cc1cnc[nH]1)NC(=O)CNC(=O)[C@@H](NC(=O)[C@H](C)NC(=O)[C@H](Cc1c[nH]c2cc(F)ccc12)NC(=O)[C@H](CCC(N)=O)NC(=O)[C@H](N)Cc1ccccc1)C(C)C)C(=O)N1CSC[C@H]1C(N)=O. The van der Waals surface area contributed by atoms with Crippen LogP contribution in [0.2, 0.25) is 0 Å². The molecule has 2 aromatic heterocycles. The van der Waals surface area contributed by atoms with Crippen molar-refractivity contribution in [3.05, 3.63) is 89.9 Å². The molecule has 0 unspecified atom stereocenters. The number of hydrogen-bond acceptors (Lipinski definition) is 13. The van der Waals surface area contributed by atoms with Crippen molar-refractivity contribution in [2.24, 2.45) is 29.0 Å². The summed E-state index contributed by atoms with van der Waals surface area (Å²) >= 11 is 1.35. The Morgan fingerprint density at radius 2 is 1.42 bits per heavy atom. The predicted molar refractivity (Wildman–Crippen MR) is 283 cm³/mol. The molecular formula is C51H69FN14O10S. The van der Waals surface area contributed by atoms with Crippen LogP contribution < -0.4 is 54.4 Å². The Hall–Kier alpha value is -7.87. The summed E-state index contributed by atoms with van der Waals surface area (Å²) < 4.78 is 14.1. The number of amides is 10. The zero-order valence-electron chi connectivity index (χ0n) is 43.5. The van der Waals surface area contributed by atoms with Gasteiger partial charge in [0.2, 0.25) is 59.1 Å². The first kappa shape index (κ1) is 60.0. The Kier molecular flexibility index (Phi) is 22.1. The molecule has 2 aromatic carbocycles. The lowest BCUT2D eigenvalue weighted by Gasteiger charge is -2.29. The van der Waals surface area contributed by atoms with Crippen molar-refractivity contribution in [1.29, 1.82) is 0 Å². The number of aromatic nitrogens is 3. The maximum Gasteiger partial charge on any atom is 0.246 e. The highest BCUT2D eigenvalue weighted by Gasteiger charge is 2.39. The smallest absolute Gasteiger partial charge is 0.246 e.